The average Bonchev–Trinajstić information content (AvgIpc) is 3.17. The molecule has 7 nitrogen and oxygen atoms in total. The predicted octanol–water partition coefficient (Wildman–Crippen LogP) is 1.02. The van der Waals surface area contributed by atoms with Crippen LogP contribution in [0.3, 0.4) is 0 Å². The van der Waals surface area contributed by atoms with Crippen LogP contribution in [0.2, 0.25) is 0 Å². The van der Waals surface area contributed by atoms with E-state index in [1.54, 1.807) is 0 Å². The van der Waals surface area contributed by atoms with Crippen LogP contribution >= 0.6 is 0 Å². The van der Waals surface area contributed by atoms with Gasteiger partial charge in [-0.05, 0) is 25.0 Å². The van der Waals surface area contributed by atoms with E-state index in [4.69, 9.17) is 4.74 Å². The number of piperidine rings is 1. The number of rotatable bonds is 4. The average molecular weight is 355 g/mol. The van der Waals surface area contributed by atoms with Crippen molar-refractivity contribution in [1.82, 2.24) is 24.8 Å². The van der Waals surface area contributed by atoms with Crippen molar-refractivity contribution < 1.29 is 9.53 Å². The van der Waals surface area contributed by atoms with Gasteiger partial charge in [0.2, 0.25) is 0 Å². The molecule has 1 atom stereocenters. The molecule has 2 aromatic rings. The number of aromatic nitrogens is 3. The molecular formula is C19H25N5O2. The third-order valence-electron chi connectivity index (χ3n) is 5.18. The maximum Gasteiger partial charge on any atom is 0.253 e. The molecule has 0 spiro atoms. The molecule has 0 aliphatic carbocycles. The van der Waals surface area contributed by atoms with Gasteiger partial charge in [0.25, 0.3) is 5.91 Å². The van der Waals surface area contributed by atoms with Crippen LogP contribution in [0.5, 0.6) is 0 Å². The number of hydrogen-bond donors (Lipinski definition) is 1. The van der Waals surface area contributed by atoms with Gasteiger partial charge in [-0.1, -0.05) is 6.07 Å². The maximum absolute atomic E-state index is 12.6. The molecule has 2 fully saturated rings. The second-order valence-electron chi connectivity index (χ2n) is 6.90. The molecule has 1 N–H and O–H groups in total. The normalized spacial score (nSPS) is 21.7. The molecule has 2 saturated heterocycles. The first-order valence-electron chi connectivity index (χ1n) is 9.33. The zero-order chi connectivity index (χ0) is 17.8. The highest BCUT2D eigenvalue weighted by molar-refractivity contribution is 5.81. The maximum atomic E-state index is 12.6. The van der Waals surface area contributed by atoms with E-state index in [2.05, 4.69) is 19.9 Å². The summed E-state index contributed by atoms with van der Waals surface area (Å²) in [4.78, 5) is 23.5. The van der Waals surface area contributed by atoms with E-state index in [9.17, 15) is 4.79 Å². The van der Waals surface area contributed by atoms with Crippen LogP contribution in [-0.2, 0) is 16.1 Å². The van der Waals surface area contributed by atoms with Gasteiger partial charge in [0.15, 0.2) is 0 Å². The van der Waals surface area contributed by atoms with Crippen molar-refractivity contribution >= 4 is 5.91 Å². The number of pyridine rings is 1. The van der Waals surface area contributed by atoms with E-state index >= 15 is 0 Å². The molecule has 7 heteroatoms. The summed E-state index contributed by atoms with van der Waals surface area (Å²) in [5.74, 6) is 1.59. The SMILES string of the molecule is O=C(C1CNCCO1)N1CCC(c2nccn2Cc2ccccn2)CC1. The topological polar surface area (TPSA) is 72.3 Å². The Morgan fingerprint density at radius 1 is 1.23 bits per heavy atom. The second kappa shape index (κ2) is 7.97. The summed E-state index contributed by atoms with van der Waals surface area (Å²) in [7, 11) is 0. The lowest BCUT2D eigenvalue weighted by atomic mass is 9.95. The number of imidazole rings is 1. The van der Waals surface area contributed by atoms with Crippen LogP contribution in [0.1, 0.15) is 30.3 Å². The van der Waals surface area contributed by atoms with Crippen molar-refractivity contribution in [2.24, 2.45) is 0 Å². The van der Waals surface area contributed by atoms with Gasteiger partial charge in [0.05, 0.1) is 18.8 Å². The van der Waals surface area contributed by atoms with Gasteiger partial charge in [-0.3, -0.25) is 9.78 Å². The number of likely N-dealkylation sites (tertiary alicyclic amines) is 1. The molecule has 1 amide bonds. The zero-order valence-electron chi connectivity index (χ0n) is 14.9. The predicted molar refractivity (Wildman–Crippen MR) is 96.7 cm³/mol. The molecule has 2 aliphatic heterocycles. The number of morpholine rings is 1. The van der Waals surface area contributed by atoms with Crippen LogP contribution in [0.4, 0.5) is 0 Å². The van der Waals surface area contributed by atoms with Gasteiger partial charge in [-0.25, -0.2) is 4.98 Å². The van der Waals surface area contributed by atoms with Gasteiger partial charge in [-0.2, -0.15) is 0 Å². The fraction of sp³-hybridized carbons (Fsp3) is 0.526. The molecule has 0 bridgehead atoms. The Morgan fingerprint density at radius 2 is 2.12 bits per heavy atom. The number of amides is 1. The van der Waals surface area contributed by atoms with E-state index in [0.717, 1.165) is 50.5 Å². The highest BCUT2D eigenvalue weighted by Crippen LogP contribution is 2.27. The van der Waals surface area contributed by atoms with Gasteiger partial charge in [0, 0.05) is 50.7 Å². The van der Waals surface area contributed by atoms with E-state index in [-0.39, 0.29) is 12.0 Å². The van der Waals surface area contributed by atoms with E-state index in [0.29, 0.717) is 19.1 Å². The van der Waals surface area contributed by atoms with Gasteiger partial charge in [0.1, 0.15) is 11.9 Å². The smallest absolute Gasteiger partial charge is 0.253 e. The first-order valence-corrected chi connectivity index (χ1v) is 9.33. The van der Waals surface area contributed by atoms with Crippen molar-refractivity contribution in [1.29, 1.82) is 0 Å². The fourth-order valence-electron chi connectivity index (χ4n) is 3.77. The lowest BCUT2D eigenvalue weighted by Crippen LogP contribution is -2.51. The highest BCUT2D eigenvalue weighted by atomic mass is 16.5. The number of hydrogen-bond acceptors (Lipinski definition) is 5. The summed E-state index contributed by atoms with van der Waals surface area (Å²) < 4.78 is 7.78. The van der Waals surface area contributed by atoms with Crippen LogP contribution < -0.4 is 5.32 Å². The standard InChI is InChI=1S/C19H25N5O2/c25-19(17-13-20-8-12-26-17)23-9-4-15(5-10-23)18-22-7-11-24(18)14-16-3-1-2-6-21-16/h1-3,6-7,11,15,17,20H,4-5,8-10,12-14H2. The monoisotopic (exact) mass is 355 g/mol. The van der Waals surface area contributed by atoms with Crippen LogP contribution in [-0.4, -0.2) is 64.2 Å². The van der Waals surface area contributed by atoms with Crippen LogP contribution in [0.15, 0.2) is 36.8 Å². The minimum absolute atomic E-state index is 0.118. The highest BCUT2D eigenvalue weighted by Gasteiger charge is 2.31. The first-order chi connectivity index (χ1) is 12.8. The number of carbonyl (C=O) groups excluding carboxylic acids is 1. The Balaban J connectivity index is 1.36. The molecule has 0 radical (unpaired) electrons. The Bertz CT molecular complexity index is 719. The van der Waals surface area contributed by atoms with Crippen molar-refractivity contribution in [3.05, 3.63) is 48.3 Å². The summed E-state index contributed by atoms with van der Waals surface area (Å²) in [6.07, 6.45) is 7.24. The molecular weight excluding hydrogens is 330 g/mol. The third kappa shape index (κ3) is 3.78. The Morgan fingerprint density at radius 3 is 2.85 bits per heavy atom. The molecule has 4 rings (SSSR count). The van der Waals surface area contributed by atoms with Crippen molar-refractivity contribution in [3.63, 3.8) is 0 Å². The largest absolute Gasteiger partial charge is 0.366 e. The summed E-state index contributed by atoms with van der Waals surface area (Å²) in [5, 5.41) is 3.22. The lowest BCUT2D eigenvalue weighted by molar-refractivity contribution is -0.146. The molecule has 26 heavy (non-hydrogen) atoms. The van der Waals surface area contributed by atoms with Gasteiger partial charge >= 0.3 is 0 Å². The minimum Gasteiger partial charge on any atom is -0.366 e. The van der Waals surface area contributed by atoms with Gasteiger partial charge < -0.3 is 19.5 Å². The van der Waals surface area contributed by atoms with E-state index in [1.807, 2.05) is 41.7 Å². The Kier molecular flexibility index (Phi) is 5.26. The Hall–Kier alpha value is -2.25. The molecule has 0 aromatic carbocycles. The number of nitrogens with zero attached hydrogens (tertiary/aromatic N) is 4. The second-order valence-corrected chi connectivity index (χ2v) is 6.90. The number of carbonyl (C=O) groups is 1. The van der Waals surface area contributed by atoms with E-state index in [1.165, 1.54) is 0 Å². The Labute approximate surface area is 153 Å². The number of ether oxygens (including phenoxy) is 1. The molecule has 1 unspecified atom stereocenters. The van der Waals surface area contributed by atoms with Crippen molar-refractivity contribution in [2.75, 3.05) is 32.8 Å². The molecule has 4 heterocycles. The first kappa shape index (κ1) is 17.2. The molecule has 2 aliphatic rings. The number of nitrogens with one attached hydrogen (secondary N) is 1. The summed E-state index contributed by atoms with van der Waals surface area (Å²) in [5.41, 5.74) is 1.03. The van der Waals surface area contributed by atoms with Crippen LogP contribution in [0, 0.1) is 0 Å². The van der Waals surface area contributed by atoms with E-state index < -0.39 is 0 Å². The summed E-state index contributed by atoms with van der Waals surface area (Å²) in [6, 6.07) is 5.96. The zero-order valence-corrected chi connectivity index (χ0v) is 14.9. The molecule has 2 aromatic heterocycles. The van der Waals surface area contributed by atoms with Gasteiger partial charge in [-0.15, -0.1) is 0 Å². The lowest BCUT2D eigenvalue weighted by Gasteiger charge is -2.35. The summed E-state index contributed by atoms with van der Waals surface area (Å²) >= 11 is 0. The molecule has 138 valence electrons. The third-order valence-corrected chi connectivity index (χ3v) is 5.18. The summed E-state index contributed by atoms with van der Waals surface area (Å²) in [6.45, 7) is 4.31. The molecule has 0 saturated carbocycles. The fourth-order valence-corrected chi connectivity index (χ4v) is 3.77. The quantitative estimate of drug-likeness (QED) is 0.887. The van der Waals surface area contributed by atoms with Crippen molar-refractivity contribution in [2.45, 2.75) is 31.4 Å². The van der Waals surface area contributed by atoms with Crippen LogP contribution in [0.25, 0.3) is 0 Å². The van der Waals surface area contributed by atoms with Crippen molar-refractivity contribution in [3.8, 4) is 0 Å². The minimum atomic E-state index is -0.327.